The topological polar surface area (TPSA) is 44.1 Å². The van der Waals surface area contributed by atoms with Crippen LogP contribution >= 0.6 is 0 Å². The van der Waals surface area contributed by atoms with Gasteiger partial charge < -0.3 is 4.74 Å². The standard InChI is InChI=1S/C10H12N2O2/c13-5-10-8-6-14-4-3-9(8)11-12(10)7-1-2-7/h5,7H,1-4,6H2. The lowest BCUT2D eigenvalue weighted by atomic mass is 10.1. The number of ether oxygens (including phenoxy) is 1. The third-order valence-corrected chi connectivity index (χ3v) is 2.87. The van der Waals surface area contributed by atoms with Crippen molar-refractivity contribution in [3.8, 4) is 0 Å². The second-order valence-electron chi connectivity index (χ2n) is 3.91. The molecule has 0 atom stereocenters. The summed E-state index contributed by atoms with van der Waals surface area (Å²) < 4.78 is 7.23. The van der Waals surface area contributed by atoms with Crippen LogP contribution in [0.4, 0.5) is 0 Å². The summed E-state index contributed by atoms with van der Waals surface area (Å²) in [5, 5.41) is 4.49. The number of nitrogens with zero attached hydrogens (tertiary/aromatic N) is 2. The monoisotopic (exact) mass is 192 g/mol. The van der Waals surface area contributed by atoms with E-state index in [1.54, 1.807) is 0 Å². The Hall–Kier alpha value is -1.16. The molecule has 0 radical (unpaired) electrons. The molecule has 4 nitrogen and oxygen atoms in total. The molecule has 1 aromatic heterocycles. The second kappa shape index (κ2) is 2.92. The van der Waals surface area contributed by atoms with E-state index in [1.165, 1.54) is 0 Å². The minimum Gasteiger partial charge on any atom is -0.376 e. The SMILES string of the molecule is O=Cc1c2c(nn1C1CC1)CCOC2. The van der Waals surface area contributed by atoms with Crippen LogP contribution in [0.25, 0.3) is 0 Å². The molecular weight excluding hydrogens is 180 g/mol. The molecule has 1 fully saturated rings. The van der Waals surface area contributed by atoms with Crippen molar-refractivity contribution in [1.29, 1.82) is 0 Å². The fourth-order valence-corrected chi connectivity index (χ4v) is 1.95. The first-order chi connectivity index (χ1) is 6.90. The predicted molar refractivity (Wildman–Crippen MR) is 49.2 cm³/mol. The smallest absolute Gasteiger partial charge is 0.168 e. The summed E-state index contributed by atoms with van der Waals surface area (Å²) >= 11 is 0. The molecule has 2 heterocycles. The third-order valence-electron chi connectivity index (χ3n) is 2.87. The van der Waals surface area contributed by atoms with Crippen molar-refractivity contribution in [2.75, 3.05) is 6.61 Å². The third kappa shape index (κ3) is 1.10. The maximum absolute atomic E-state index is 11.0. The molecule has 0 unspecified atom stereocenters. The molecule has 0 spiro atoms. The molecule has 1 aromatic rings. The molecule has 0 saturated heterocycles. The zero-order valence-corrected chi connectivity index (χ0v) is 7.90. The van der Waals surface area contributed by atoms with Crippen molar-refractivity contribution >= 4 is 6.29 Å². The van der Waals surface area contributed by atoms with Crippen LogP contribution < -0.4 is 0 Å². The van der Waals surface area contributed by atoms with Crippen LogP contribution in [0.15, 0.2) is 0 Å². The molecule has 3 rings (SSSR count). The van der Waals surface area contributed by atoms with Gasteiger partial charge in [0.2, 0.25) is 0 Å². The lowest BCUT2D eigenvalue weighted by Gasteiger charge is -2.10. The fraction of sp³-hybridized carbons (Fsp3) is 0.600. The minimum atomic E-state index is 0.473. The van der Waals surface area contributed by atoms with Gasteiger partial charge >= 0.3 is 0 Å². The quantitative estimate of drug-likeness (QED) is 0.659. The number of carbonyl (C=O) groups excluding carboxylic acids is 1. The molecule has 1 aliphatic carbocycles. The number of carbonyl (C=O) groups is 1. The molecule has 0 bridgehead atoms. The van der Waals surface area contributed by atoms with E-state index in [0.29, 0.717) is 12.6 Å². The Morgan fingerprint density at radius 1 is 1.50 bits per heavy atom. The lowest BCUT2D eigenvalue weighted by molar-refractivity contribution is 0.105. The highest BCUT2D eigenvalue weighted by Gasteiger charge is 2.30. The zero-order chi connectivity index (χ0) is 9.54. The summed E-state index contributed by atoms with van der Waals surface area (Å²) in [6.45, 7) is 1.28. The van der Waals surface area contributed by atoms with Crippen LogP contribution in [-0.4, -0.2) is 22.7 Å². The van der Waals surface area contributed by atoms with E-state index in [-0.39, 0.29) is 0 Å². The second-order valence-corrected chi connectivity index (χ2v) is 3.91. The van der Waals surface area contributed by atoms with Gasteiger partial charge in [-0.05, 0) is 12.8 Å². The van der Waals surface area contributed by atoms with Crippen LogP contribution in [0.1, 0.15) is 40.6 Å². The molecule has 14 heavy (non-hydrogen) atoms. The Bertz CT molecular complexity index is 380. The van der Waals surface area contributed by atoms with Gasteiger partial charge in [-0.3, -0.25) is 9.48 Å². The van der Waals surface area contributed by atoms with Crippen molar-refractivity contribution < 1.29 is 9.53 Å². The van der Waals surface area contributed by atoms with E-state index in [9.17, 15) is 4.79 Å². The maximum Gasteiger partial charge on any atom is 0.168 e. The number of rotatable bonds is 2. The number of fused-ring (bicyclic) bond motifs is 1. The summed E-state index contributed by atoms with van der Waals surface area (Å²) in [6, 6.07) is 0.473. The summed E-state index contributed by atoms with van der Waals surface area (Å²) in [7, 11) is 0. The Morgan fingerprint density at radius 3 is 3.07 bits per heavy atom. The van der Waals surface area contributed by atoms with Gasteiger partial charge in [0, 0.05) is 12.0 Å². The van der Waals surface area contributed by atoms with E-state index < -0.39 is 0 Å². The van der Waals surface area contributed by atoms with Gasteiger partial charge in [-0.15, -0.1) is 0 Å². The molecule has 2 aliphatic rings. The highest BCUT2D eigenvalue weighted by molar-refractivity contribution is 5.75. The maximum atomic E-state index is 11.0. The Kier molecular flexibility index (Phi) is 1.70. The average Bonchev–Trinajstić information content (AvgIpc) is 2.99. The van der Waals surface area contributed by atoms with Gasteiger partial charge in [0.15, 0.2) is 6.29 Å². The highest BCUT2D eigenvalue weighted by Crippen LogP contribution is 2.36. The van der Waals surface area contributed by atoms with E-state index in [2.05, 4.69) is 5.10 Å². The van der Waals surface area contributed by atoms with Gasteiger partial charge in [-0.25, -0.2) is 0 Å². The largest absolute Gasteiger partial charge is 0.376 e. The molecule has 74 valence electrons. The van der Waals surface area contributed by atoms with Crippen molar-refractivity contribution in [2.24, 2.45) is 0 Å². The van der Waals surface area contributed by atoms with Crippen LogP contribution in [0.3, 0.4) is 0 Å². The molecule has 0 amide bonds. The number of hydrogen-bond acceptors (Lipinski definition) is 3. The van der Waals surface area contributed by atoms with Gasteiger partial charge in [0.05, 0.1) is 24.9 Å². The van der Waals surface area contributed by atoms with Crippen LogP contribution in [0.5, 0.6) is 0 Å². The van der Waals surface area contributed by atoms with Crippen molar-refractivity contribution in [3.63, 3.8) is 0 Å². The van der Waals surface area contributed by atoms with E-state index >= 15 is 0 Å². The van der Waals surface area contributed by atoms with Gasteiger partial charge in [-0.2, -0.15) is 5.10 Å². The summed E-state index contributed by atoms with van der Waals surface area (Å²) in [5.41, 5.74) is 2.81. The Balaban J connectivity index is 2.11. The lowest BCUT2D eigenvalue weighted by Crippen LogP contribution is -2.09. The number of hydrogen-bond donors (Lipinski definition) is 0. The Labute approximate surface area is 81.9 Å². The van der Waals surface area contributed by atoms with E-state index in [4.69, 9.17) is 4.74 Å². The molecule has 1 aliphatic heterocycles. The predicted octanol–water partition coefficient (Wildman–Crippen LogP) is 1.10. The molecule has 1 saturated carbocycles. The van der Waals surface area contributed by atoms with Gasteiger partial charge in [0.25, 0.3) is 0 Å². The normalized spacial score (nSPS) is 20.6. The van der Waals surface area contributed by atoms with Crippen LogP contribution in [0.2, 0.25) is 0 Å². The highest BCUT2D eigenvalue weighted by atomic mass is 16.5. The molecule has 4 heteroatoms. The summed E-state index contributed by atoms with van der Waals surface area (Å²) in [4.78, 5) is 11.0. The number of aromatic nitrogens is 2. The van der Waals surface area contributed by atoms with Crippen molar-refractivity contribution in [3.05, 3.63) is 17.0 Å². The van der Waals surface area contributed by atoms with Gasteiger partial charge in [-0.1, -0.05) is 0 Å². The molecule has 0 aromatic carbocycles. The van der Waals surface area contributed by atoms with E-state index in [0.717, 1.165) is 49.1 Å². The van der Waals surface area contributed by atoms with E-state index in [1.807, 2.05) is 4.68 Å². The first kappa shape index (κ1) is 8.17. The first-order valence-corrected chi connectivity index (χ1v) is 5.03. The fourth-order valence-electron chi connectivity index (χ4n) is 1.95. The molecule has 0 N–H and O–H groups in total. The van der Waals surface area contributed by atoms with Crippen LogP contribution in [-0.2, 0) is 17.8 Å². The van der Waals surface area contributed by atoms with Crippen molar-refractivity contribution in [1.82, 2.24) is 9.78 Å². The van der Waals surface area contributed by atoms with Crippen LogP contribution in [0, 0.1) is 0 Å². The summed E-state index contributed by atoms with van der Waals surface area (Å²) in [6.07, 6.45) is 4.07. The first-order valence-electron chi connectivity index (χ1n) is 5.03. The van der Waals surface area contributed by atoms with Crippen molar-refractivity contribution in [2.45, 2.75) is 31.9 Å². The zero-order valence-electron chi connectivity index (χ0n) is 7.90. The molecular formula is C10H12N2O2. The number of aldehydes is 1. The minimum absolute atomic E-state index is 0.473. The average molecular weight is 192 g/mol. The Morgan fingerprint density at radius 2 is 2.36 bits per heavy atom. The summed E-state index contributed by atoms with van der Waals surface area (Å²) in [5.74, 6) is 0. The van der Waals surface area contributed by atoms with Gasteiger partial charge in [0.1, 0.15) is 5.69 Å².